The van der Waals surface area contributed by atoms with Crippen molar-refractivity contribution in [3.8, 4) is 5.69 Å². The molecule has 0 saturated carbocycles. The SMILES string of the molecule is CC(c1ccccc1)N1CC(C(=O)N2CCc3[nH]n(-c4ccccc4)c(=O)c3C2)CC1=O. The zero-order valence-electron chi connectivity index (χ0n) is 18.0. The van der Waals surface area contributed by atoms with Gasteiger partial charge in [0.25, 0.3) is 5.56 Å². The first-order chi connectivity index (χ1) is 15.5. The van der Waals surface area contributed by atoms with Crippen molar-refractivity contribution in [2.24, 2.45) is 5.92 Å². The second-order valence-electron chi connectivity index (χ2n) is 8.59. The van der Waals surface area contributed by atoms with E-state index in [2.05, 4.69) is 5.10 Å². The number of H-pyrrole nitrogens is 1. The number of carbonyl (C=O) groups excluding carboxylic acids is 2. The van der Waals surface area contributed by atoms with Gasteiger partial charge in [0, 0.05) is 31.6 Å². The Morgan fingerprint density at radius 1 is 1.03 bits per heavy atom. The predicted molar refractivity (Wildman–Crippen MR) is 120 cm³/mol. The molecular weight excluding hydrogens is 404 g/mol. The maximum atomic E-state index is 13.3. The van der Waals surface area contributed by atoms with Crippen molar-refractivity contribution >= 4 is 11.8 Å². The van der Waals surface area contributed by atoms with Gasteiger partial charge in [-0.3, -0.25) is 19.5 Å². The fourth-order valence-corrected chi connectivity index (χ4v) is 4.79. The summed E-state index contributed by atoms with van der Waals surface area (Å²) in [6.07, 6.45) is 0.821. The number of hydrogen-bond donors (Lipinski definition) is 1. The van der Waals surface area contributed by atoms with Gasteiger partial charge in [-0.05, 0) is 24.6 Å². The molecule has 1 N–H and O–H groups in total. The molecule has 0 aliphatic carbocycles. The number of carbonyl (C=O) groups is 2. The van der Waals surface area contributed by atoms with Crippen molar-refractivity contribution < 1.29 is 9.59 Å². The average molecular weight is 431 g/mol. The van der Waals surface area contributed by atoms with Gasteiger partial charge in [-0.25, -0.2) is 4.68 Å². The van der Waals surface area contributed by atoms with Gasteiger partial charge in [0.05, 0.1) is 29.8 Å². The lowest BCUT2D eigenvalue weighted by Gasteiger charge is -2.29. The van der Waals surface area contributed by atoms with Crippen LogP contribution in [-0.2, 0) is 22.6 Å². The summed E-state index contributed by atoms with van der Waals surface area (Å²) >= 11 is 0. The Balaban J connectivity index is 1.31. The second-order valence-corrected chi connectivity index (χ2v) is 8.59. The number of rotatable bonds is 4. The van der Waals surface area contributed by atoms with Crippen LogP contribution in [0.25, 0.3) is 5.69 Å². The molecule has 0 radical (unpaired) electrons. The Kier molecular flexibility index (Phi) is 5.17. The zero-order chi connectivity index (χ0) is 22.2. The molecule has 164 valence electrons. The standard InChI is InChI=1S/C25H26N4O3/c1-17(18-8-4-2-5-9-18)28-15-19(14-23(28)30)24(31)27-13-12-22-21(16-27)25(32)29(26-22)20-10-6-3-7-11-20/h2-11,17,19,26H,12-16H2,1H3. The Morgan fingerprint density at radius 2 is 1.72 bits per heavy atom. The molecule has 3 heterocycles. The summed E-state index contributed by atoms with van der Waals surface area (Å²) in [5.74, 6) is -0.408. The lowest BCUT2D eigenvalue weighted by atomic mass is 10.0. The highest BCUT2D eigenvalue weighted by atomic mass is 16.2. The summed E-state index contributed by atoms with van der Waals surface area (Å²) in [7, 11) is 0. The number of nitrogens with zero attached hydrogens (tertiary/aromatic N) is 3. The van der Waals surface area contributed by atoms with Crippen LogP contribution in [0.15, 0.2) is 65.5 Å². The number of amides is 2. The molecule has 5 rings (SSSR count). The quantitative estimate of drug-likeness (QED) is 0.691. The molecule has 2 unspecified atom stereocenters. The van der Waals surface area contributed by atoms with Crippen LogP contribution in [0.5, 0.6) is 0 Å². The van der Waals surface area contributed by atoms with Gasteiger partial charge in [0.1, 0.15) is 0 Å². The predicted octanol–water partition coefficient (Wildman–Crippen LogP) is 2.66. The second kappa shape index (κ2) is 8.15. The Hall–Kier alpha value is -3.61. The molecule has 7 heteroatoms. The molecule has 0 bridgehead atoms. The van der Waals surface area contributed by atoms with Crippen LogP contribution in [0.3, 0.4) is 0 Å². The van der Waals surface area contributed by atoms with E-state index in [-0.39, 0.29) is 42.3 Å². The number of benzene rings is 2. The van der Waals surface area contributed by atoms with E-state index < -0.39 is 0 Å². The summed E-state index contributed by atoms with van der Waals surface area (Å²) in [5.41, 5.74) is 3.23. The number of hydrogen-bond acceptors (Lipinski definition) is 3. The Morgan fingerprint density at radius 3 is 2.44 bits per heavy atom. The molecule has 3 aromatic rings. The molecule has 2 atom stereocenters. The molecule has 1 fully saturated rings. The van der Waals surface area contributed by atoms with Gasteiger partial charge in [-0.1, -0.05) is 48.5 Å². The van der Waals surface area contributed by atoms with Crippen molar-refractivity contribution in [1.82, 2.24) is 19.6 Å². The van der Waals surface area contributed by atoms with Gasteiger partial charge in [-0.15, -0.1) is 0 Å². The summed E-state index contributed by atoms with van der Waals surface area (Å²) in [6.45, 7) is 3.24. The van der Waals surface area contributed by atoms with Crippen LogP contribution >= 0.6 is 0 Å². The average Bonchev–Trinajstić information content (AvgIpc) is 3.39. The number of aromatic nitrogens is 2. The number of fused-ring (bicyclic) bond motifs is 1. The molecular formula is C25H26N4O3. The minimum Gasteiger partial charge on any atom is -0.337 e. The minimum absolute atomic E-state index is 0.00507. The van der Waals surface area contributed by atoms with Crippen LogP contribution in [0.4, 0.5) is 0 Å². The van der Waals surface area contributed by atoms with E-state index in [0.29, 0.717) is 25.1 Å². The van der Waals surface area contributed by atoms with Crippen LogP contribution in [0.2, 0.25) is 0 Å². The van der Waals surface area contributed by atoms with Crippen LogP contribution < -0.4 is 5.56 Å². The van der Waals surface area contributed by atoms with Crippen molar-refractivity contribution in [3.63, 3.8) is 0 Å². The van der Waals surface area contributed by atoms with Crippen molar-refractivity contribution in [2.45, 2.75) is 32.4 Å². The largest absolute Gasteiger partial charge is 0.337 e. The lowest BCUT2D eigenvalue weighted by Crippen LogP contribution is -2.41. The lowest BCUT2D eigenvalue weighted by molar-refractivity contribution is -0.136. The topological polar surface area (TPSA) is 78.4 Å². The van der Waals surface area contributed by atoms with Crippen LogP contribution in [-0.4, -0.2) is 44.5 Å². The zero-order valence-corrected chi connectivity index (χ0v) is 18.0. The molecule has 7 nitrogen and oxygen atoms in total. The van der Waals surface area contributed by atoms with Crippen molar-refractivity contribution in [2.75, 3.05) is 13.1 Å². The van der Waals surface area contributed by atoms with Crippen molar-refractivity contribution in [1.29, 1.82) is 0 Å². The Bertz CT molecular complexity index is 1200. The maximum absolute atomic E-state index is 13.3. The third kappa shape index (κ3) is 3.53. The maximum Gasteiger partial charge on any atom is 0.276 e. The first-order valence-electron chi connectivity index (χ1n) is 11.0. The van der Waals surface area contributed by atoms with Crippen molar-refractivity contribution in [3.05, 3.63) is 87.8 Å². The van der Waals surface area contributed by atoms with E-state index in [1.165, 1.54) is 0 Å². The molecule has 2 aliphatic heterocycles. The van der Waals surface area contributed by atoms with E-state index in [0.717, 1.165) is 16.9 Å². The molecule has 1 aromatic heterocycles. The molecule has 2 amide bonds. The minimum atomic E-state index is -0.370. The third-order valence-corrected chi connectivity index (χ3v) is 6.64. The van der Waals surface area contributed by atoms with E-state index in [9.17, 15) is 14.4 Å². The highest BCUT2D eigenvalue weighted by Crippen LogP contribution is 2.30. The number of para-hydroxylation sites is 1. The first kappa shape index (κ1) is 20.3. The Labute approximate surface area is 186 Å². The van der Waals surface area contributed by atoms with Gasteiger partial charge >= 0.3 is 0 Å². The number of nitrogens with one attached hydrogen (secondary N) is 1. The van der Waals surface area contributed by atoms with E-state index in [1.807, 2.05) is 67.6 Å². The van der Waals surface area contributed by atoms with E-state index >= 15 is 0 Å². The van der Waals surface area contributed by atoms with Gasteiger partial charge < -0.3 is 9.80 Å². The molecule has 2 aromatic carbocycles. The molecule has 1 saturated heterocycles. The summed E-state index contributed by atoms with van der Waals surface area (Å²) < 4.78 is 1.54. The fourth-order valence-electron chi connectivity index (χ4n) is 4.79. The highest BCUT2D eigenvalue weighted by Gasteiger charge is 2.39. The van der Waals surface area contributed by atoms with Gasteiger partial charge in [0.15, 0.2) is 0 Å². The molecule has 32 heavy (non-hydrogen) atoms. The third-order valence-electron chi connectivity index (χ3n) is 6.64. The van der Waals surface area contributed by atoms with E-state index in [4.69, 9.17) is 0 Å². The molecule has 2 aliphatic rings. The fraction of sp³-hybridized carbons (Fsp3) is 0.320. The first-order valence-corrected chi connectivity index (χ1v) is 11.0. The van der Waals surface area contributed by atoms with Gasteiger partial charge in [-0.2, -0.15) is 0 Å². The highest BCUT2D eigenvalue weighted by molar-refractivity contribution is 5.89. The number of aromatic amines is 1. The normalized spacial score (nSPS) is 19.2. The molecule has 0 spiro atoms. The number of likely N-dealkylation sites (tertiary alicyclic amines) is 1. The van der Waals surface area contributed by atoms with Crippen LogP contribution in [0.1, 0.15) is 36.2 Å². The van der Waals surface area contributed by atoms with E-state index in [1.54, 1.807) is 14.5 Å². The summed E-state index contributed by atoms with van der Waals surface area (Å²) in [5, 5.41) is 3.20. The summed E-state index contributed by atoms with van der Waals surface area (Å²) in [6, 6.07) is 19.2. The smallest absolute Gasteiger partial charge is 0.276 e. The summed E-state index contributed by atoms with van der Waals surface area (Å²) in [4.78, 5) is 42.5. The van der Waals surface area contributed by atoms with Gasteiger partial charge in [0.2, 0.25) is 11.8 Å². The monoisotopic (exact) mass is 430 g/mol. The van der Waals surface area contributed by atoms with Crippen LogP contribution in [0, 0.1) is 5.92 Å².